The fourth-order valence-electron chi connectivity index (χ4n) is 14.1. The first-order valence-corrected chi connectivity index (χ1v) is 31.7. The van der Waals surface area contributed by atoms with Crippen LogP contribution in [0.5, 0.6) is 0 Å². The van der Waals surface area contributed by atoms with E-state index in [1.165, 1.54) is 153 Å². The molecular weight excluding hydrogens is 1060 g/mol. The van der Waals surface area contributed by atoms with Gasteiger partial charge < -0.3 is 9.80 Å². The van der Waals surface area contributed by atoms with Crippen molar-refractivity contribution in [3.05, 3.63) is 247 Å². The largest absolute Gasteiger partial charge is 0.311 e. The molecule has 0 unspecified atom stereocenters. The first-order chi connectivity index (χ1) is 41.2. The van der Waals surface area contributed by atoms with Crippen molar-refractivity contribution in [2.24, 2.45) is 0 Å². The fourth-order valence-corrected chi connectivity index (χ4v) is 15.4. The summed E-state index contributed by atoms with van der Waals surface area (Å²) in [6.45, 7) is 28.2. The van der Waals surface area contributed by atoms with E-state index < -0.39 is 0 Å². The number of fused-ring (bicyclic) bond motifs is 6. The summed E-state index contributed by atoms with van der Waals surface area (Å²) in [5, 5.41) is 9.03. The number of hydrogen-bond acceptors (Lipinski definition) is 3. The quantitative estimate of drug-likeness (QED) is 0.121. The third-order valence-electron chi connectivity index (χ3n) is 18.8. The molecule has 13 aromatic rings. The van der Waals surface area contributed by atoms with Crippen molar-refractivity contribution in [3.63, 3.8) is 0 Å². The normalized spacial score (nSPS) is 13.5. The maximum absolute atomic E-state index is 2.72. The third-order valence-corrected chi connectivity index (χ3v) is 20.1. The van der Waals surface area contributed by atoms with E-state index >= 15 is 0 Å². The van der Waals surface area contributed by atoms with Crippen LogP contribution in [0, 0.1) is 0 Å². The smallest absolute Gasteiger partial charge is 0.264 e. The number of benzene rings is 12. The van der Waals surface area contributed by atoms with E-state index in [9.17, 15) is 0 Å². The van der Waals surface area contributed by atoms with Crippen LogP contribution in [-0.2, 0) is 21.7 Å². The number of rotatable bonds is 6. The monoisotopic (exact) mass is 1130 g/mol. The highest BCUT2D eigenvalue weighted by atomic mass is 32.1. The Kier molecular flexibility index (Phi) is 12.2. The summed E-state index contributed by atoms with van der Waals surface area (Å²) in [5.74, 6) is 0. The standard InChI is InChI=1S/C82H73BN2S/c1-79(2,3)56-34-40-68(64(46-56)51-24-17-14-18-25-51)85-72-45-55(61-29-20-19-28-60(61)50-22-15-13-16-23-50)44-71-76(72)83(78-77(85)66-48-58(81(7,8)9)37-43-73(66)86-78)67-49-59(82(10,11)12)36-42-70(67)84(71)69-41-35-57(80(4,5)6)47-65(69)62-38-32-54-31-30-52-26-21-27-53-33-39-63(62)75(54)74(52)53/h13-49H,1-12H3. The molecule has 2 nitrogen and oxygen atoms in total. The molecule has 0 atom stereocenters. The molecule has 0 spiro atoms. The lowest BCUT2D eigenvalue weighted by Gasteiger charge is -2.45. The van der Waals surface area contributed by atoms with Gasteiger partial charge in [-0.25, -0.2) is 0 Å². The molecule has 2 aliphatic rings. The predicted octanol–water partition coefficient (Wildman–Crippen LogP) is 21.7. The minimum atomic E-state index is -0.117. The van der Waals surface area contributed by atoms with Gasteiger partial charge in [-0.2, -0.15) is 0 Å². The summed E-state index contributed by atoms with van der Waals surface area (Å²) in [6, 6.07) is 86.8. The van der Waals surface area contributed by atoms with Crippen molar-refractivity contribution in [1.82, 2.24) is 0 Å². The molecular formula is C82H73BN2S. The van der Waals surface area contributed by atoms with E-state index in [0.717, 1.165) is 5.69 Å². The highest BCUT2D eigenvalue weighted by Crippen LogP contribution is 2.55. The first kappa shape index (κ1) is 54.0. The van der Waals surface area contributed by atoms with E-state index in [1.807, 2.05) is 11.3 Å². The van der Waals surface area contributed by atoms with E-state index in [0.29, 0.717) is 0 Å². The van der Waals surface area contributed by atoms with Gasteiger partial charge in [-0.3, -0.25) is 0 Å². The minimum Gasteiger partial charge on any atom is -0.311 e. The number of nitrogens with zero attached hydrogens (tertiary/aromatic N) is 2. The summed E-state index contributed by atoms with van der Waals surface area (Å²) in [7, 11) is 0. The van der Waals surface area contributed by atoms with Crippen molar-refractivity contribution < 1.29 is 0 Å². The van der Waals surface area contributed by atoms with E-state index in [2.05, 4.69) is 317 Å². The van der Waals surface area contributed by atoms with Crippen molar-refractivity contribution in [1.29, 1.82) is 0 Å². The zero-order chi connectivity index (χ0) is 59.3. The Morgan fingerprint density at radius 2 is 0.791 bits per heavy atom. The zero-order valence-electron chi connectivity index (χ0n) is 51.7. The number of hydrogen-bond donors (Lipinski definition) is 0. The summed E-state index contributed by atoms with van der Waals surface area (Å²) >= 11 is 1.99. The molecule has 0 amide bonds. The molecule has 0 fully saturated rings. The Bertz CT molecular complexity index is 4850. The number of thiophene rings is 1. The second kappa shape index (κ2) is 19.4. The summed E-state index contributed by atoms with van der Waals surface area (Å²) in [4.78, 5) is 5.42. The highest BCUT2D eigenvalue weighted by Gasteiger charge is 2.47. The van der Waals surface area contributed by atoms with Gasteiger partial charge in [-0.1, -0.05) is 253 Å². The van der Waals surface area contributed by atoms with E-state index in [1.54, 1.807) is 0 Å². The Labute approximate surface area is 512 Å². The maximum Gasteiger partial charge on any atom is 0.264 e. The molecule has 4 heteroatoms. The van der Waals surface area contributed by atoms with Gasteiger partial charge >= 0.3 is 0 Å². The molecule has 15 rings (SSSR count). The van der Waals surface area contributed by atoms with Gasteiger partial charge in [0.25, 0.3) is 6.71 Å². The van der Waals surface area contributed by atoms with Gasteiger partial charge in [-0.15, -0.1) is 11.3 Å². The molecule has 12 aromatic carbocycles. The molecule has 0 saturated carbocycles. The van der Waals surface area contributed by atoms with Crippen LogP contribution in [0.2, 0.25) is 0 Å². The molecule has 0 N–H and O–H groups in total. The van der Waals surface area contributed by atoms with Gasteiger partial charge in [0.05, 0.1) is 17.1 Å². The maximum atomic E-state index is 2.72. The van der Waals surface area contributed by atoms with Gasteiger partial charge in [0.15, 0.2) is 0 Å². The Morgan fingerprint density at radius 1 is 0.314 bits per heavy atom. The summed E-state index contributed by atoms with van der Waals surface area (Å²) in [5.41, 5.74) is 24.4. The highest BCUT2D eigenvalue weighted by molar-refractivity contribution is 7.33. The van der Waals surface area contributed by atoms with Crippen LogP contribution in [-0.4, -0.2) is 6.71 Å². The average Bonchev–Trinajstić information content (AvgIpc) is 1.24. The molecule has 0 saturated heterocycles. The molecule has 1 aromatic heterocycles. The zero-order valence-corrected chi connectivity index (χ0v) is 52.6. The average molecular weight is 1130 g/mol. The second-order valence-electron chi connectivity index (χ2n) is 28.5. The van der Waals surface area contributed by atoms with Crippen molar-refractivity contribution in [3.8, 4) is 44.5 Å². The Hall–Kier alpha value is -8.70. The fraction of sp³-hybridized carbons (Fsp3) is 0.195. The van der Waals surface area contributed by atoms with Crippen LogP contribution in [0.4, 0.5) is 34.1 Å². The minimum absolute atomic E-state index is 0.0695. The third kappa shape index (κ3) is 8.64. The molecule has 2 aliphatic heterocycles. The molecule has 3 heterocycles. The van der Waals surface area contributed by atoms with Crippen LogP contribution >= 0.6 is 11.3 Å². The lowest BCUT2D eigenvalue weighted by Crippen LogP contribution is -2.60. The van der Waals surface area contributed by atoms with Crippen LogP contribution in [0.3, 0.4) is 0 Å². The second-order valence-corrected chi connectivity index (χ2v) is 29.6. The topological polar surface area (TPSA) is 6.48 Å². The van der Waals surface area contributed by atoms with Gasteiger partial charge in [0, 0.05) is 43.1 Å². The molecule has 420 valence electrons. The van der Waals surface area contributed by atoms with Crippen molar-refractivity contribution in [2.45, 2.75) is 105 Å². The van der Waals surface area contributed by atoms with Crippen LogP contribution in [0.15, 0.2) is 224 Å². The summed E-state index contributed by atoms with van der Waals surface area (Å²) < 4.78 is 2.67. The first-order valence-electron chi connectivity index (χ1n) is 30.8. The van der Waals surface area contributed by atoms with Gasteiger partial charge in [0.2, 0.25) is 0 Å². The molecule has 0 aliphatic carbocycles. The number of anilines is 6. The van der Waals surface area contributed by atoms with Crippen molar-refractivity contribution in [2.75, 3.05) is 9.80 Å². The lowest BCUT2D eigenvalue weighted by atomic mass is 9.36. The SMILES string of the molecule is CC(C)(C)c1ccc2c(c1)B1c3sc4ccc(C(C)(C)C)cc4c3N(c3ccc(C(C)(C)C)cc3-c3ccccc3)c3cc(-c4ccccc4-c4ccccc4)cc(c31)N2c1ccc(C(C)(C)C)cc1-c1ccc2ccc3cccc4ccc1c2c34. The Balaban J connectivity index is 1.12. The lowest BCUT2D eigenvalue weighted by molar-refractivity contribution is 0.590. The molecule has 86 heavy (non-hydrogen) atoms. The van der Waals surface area contributed by atoms with Gasteiger partial charge in [0.1, 0.15) is 0 Å². The Morgan fingerprint density at radius 3 is 1.41 bits per heavy atom. The molecule has 0 bridgehead atoms. The summed E-state index contributed by atoms with van der Waals surface area (Å²) in [6.07, 6.45) is 0. The van der Waals surface area contributed by atoms with E-state index in [-0.39, 0.29) is 28.4 Å². The van der Waals surface area contributed by atoms with Gasteiger partial charge in [-0.05, 0) is 175 Å². The van der Waals surface area contributed by atoms with Crippen LogP contribution in [0.25, 0.3) is 86.9 Å². The van der Waals surface area contributed by atoms with E-state index in [4.69, 9.17) is 0 Å². The van der Waals surface area contributed by atoms with Crippen molar-refractivity contribution >= 4 is 110 Å². The molecule has 0 radical (unpaired) electrons. The predicted molar refractivity (Wildman–Crippen MR) is 376 cm³/mol. The van der Waals surface area contributed by atoms with Crippen LogP contribution < -0.4 is 25.5 Å². The van der Waals surface area contributed by atoms with Crippen LogP contribution in [0.1, 0.15) is 105 Å².